The highest BCUT2D eigenvalue weighted by atomic mass is 16.5. The highest BCUT2D eigenvalue weighted by molar-refractivity contribution is 5.74. The Morgan fingerprint density at radius 1 is 1.38 bits per heavy atom. The van der Waals surface area contributed by atoms with E-state index in [4.69, 9.17) is 9.84 Å². The maximum atomic E-state index is 12.2. The Bertz CT molecular complexity index is 369. The lowest BCUT2D eigenvalue weighted by Crippen LogP contribution is -2.54. The topological polar surface area (TPSA) is 78.9 Å². The summed E-state index contributed by atoms with van der Waals surface area (Å²) in [6.07, 6.45) is 0.883. The Balaban J connectivity index is 2.46. The molecule has 0 aromatic rings. The number of amides is 2. The molecule has 6 nitrogen and oxygen atoms in total. The van der Waals surface area contributed by atoms with Crippen LogP contribution in [0.5, 0.6) is 0 Å². The van der Waals surface area contributed by atoms with E-state index in [0.29, 0.717) is 32.2 Å². The number of carboxylic acids is 1. The standard InChI is InChI=1S/C15H28N2O4/c1-11(2)7-12(8-13(18)19)9-16-14(20)17-5-6-21-15(3,4)10-17/h11-12H,5-10H2,1-4H3,(H,16,20)(H,18,19). The monoisotopic (exact) mass is 300 g/mol. The van der Waals surface area contributed by atoms with Crippen molar-refractivity contribution < 1.29 is 19.4 Å². The van der Waals surface area contributed by atoms with Crippen molar-refractivity contribution in [1.82, 2.24) is 10.2 Å². The number of rotatable bonds is 6. The molecule has 0 aliphatic carbocycles. The van der Waals surface area contributed by atoms with E-state index in [0.717, 1.165) is 6.42 Å². The van der Waals surface area contributed by atoms with Crippen molar-refractivity contribution in [3.8, 4) is 0 Å². The fraction of sp³-hybridized carbons (Fsp3) is 0.867. The minimum absolute atomic E-state index is 0.0273. The van der Waals surface area contributed by atoms with E-state index >= 15 is 0 Å². The zero-order valence-electron chi connectivity index (χ0n) is 13.5. The molecular weight excluding hydrogens is 272 g/mol. The van der Waals surface area contributed by atoms with Gasteiger partial charge in [0.15, 0.2) is 0 Å². The van der Waals surface area contributed by atoms with Gasteiger partial charge in [-0.05, 0) is 32.1 Å². The number of hydrogen-bond acceptors (Lipinski definition) is 3. The minimum Gasteiger partial charge on any atom is -0.481 e. The van der Waals surface area contributed by atoms with Gasteiger partial charge < -0.3 is 20.1 Å². The van der Waals surface area contributed by atoms with Crippen LogP contribution in [0.15, 0.2) is 0 Å². The van der Waals surface area contributed by atoms with Gasteiger partial charge in [-0.1, -0.05) is 13.8 Å². The predicted molar refractivity (Wildman–Crippen MR) is 80.2 cm³/mol. The molecule has 1 rings (SSSR count). The molecule has 21 heavy (non-hydrogen) atoms. The highest BCUT2D eigenvalue weighted by Crippen LogP contribution is 2.17. The molecule has 0 bridgehead atoms. The number of aliphatic carboxylic acids is 1. The van der Waals surface area contributed by atoms with Crippen molar-refractivity contribution in [1.29, 1.82) is 0 Å². The van der Waals surface area contributed by atoms with Gasteiger partial charge in [0, 0.05) is 19.5 Å². The third-order valence-corrected chi connectivity index (χ3v) is 3.52. The summed E-state index contributed by atoms with van der Waals surface area (Å²) in [4.78, 5) is 24.8. The van der Waals surface area contributed by atoms with Gasteiger partial charge in [-0.15, -0.1) is 0 Å². The quantitative estimate of drug-likeness (QED) is 0.786. The zero-order chi connectivity index (χ0) is 16.0. The number of carbonyl (C=O) groups excluding carboxylic acids is 1. The molecule has 0 saturated carbocycles. The average molecular weight is 300 g/mol. The Hall–Kier alpha value is -1.30. The first-order valence-corrected chi connectivity index (χ1v) is 7.58. The van der Waals surface area contributed by atoms with Crippen LogP contribution < -0.4 is 5.32 Å². The van der Waals surface area contributed by atoms with E-state index in [9.17, 15) is 9.59 Å². The third kappa shape index (κ3) is 6.80. The lowest BCUT2D eigenvalue weighted by atomic mass is 9.94. The van der Waals surface area contributed by atoms with E-state index in [-0.39, 0.29) is 24.0 Å². The summed E-state index contributed by atoms with van der Waals surface area (Å²) in [6, 6.07) is -0.134. The van der Waals surface area contributed by atoms with Gasteiger partial charge >= 0.3 is 12.0 Å². The lowest BCUT2D eigenvalue weighted by Gasteiger charge is -2.38. The van der Waals surface area contributed by atoms with Crippen molar-refractivity contribution in [2.45, 2.75) is 46.1 Å². The first kappa shape index (κ1) is 17.8. The molecule has 0 spiro atoms. The van der Waals surface area contributed by atoms with Gasteiger partial charge in [-0.3, -0.25) is 4.79 Å². The second-order valence-electron chi connectivity index (χ2n) is 6.81. The van der Waals surface area contributed by atoms with Crippen LogP contribution in [-0.2, 0) is 9.53 Å². The number of nitrogens with one attached hydrogen (secondary N) is 1. The number of carboxylic acid groups (broad SMARTS) is 1. The summed E-state index contributed by atoms with van der Waals surface area (Å²) < 4.78 is 5.58. The summed E-state index contributed by atoms with van der Waals surface area (Å²) in [5.41, 5.74) is -0.325. The second-order valence-corrected chi connectivity index (χ2v) is 6.81. The summed E-state index contributed by atoms with van der Waals surface area (Å²) in [5, 5.41) is 11.8. The largest absolute Gasteiger partial charge is 0.481 e. The summed E-state index contributed by atoms with van der Waals surface area (Å²) in [6.45, 7) is 10.1. The van der Waals surface area contributed by atoms with Gasteiger partial charge in [-0.2, -0.15) is 0 Å². The Kier molecular flexibility index (Phi) is 6.45. The number of nitrogens with zero attached hydrogens (tertiary/aromatic N) is 1. The highest BCUT2D eigenvalue weighted by Gasteiger charge is 2.30. The van der Waals surface area contributed by atoms with Crippen molar-refractivity contribution in [3.63, 3.8) is 0 Å². The van der Waals surface area contributed by atoms with Crippen LogP contribution in [0.25, 0.3) is 0 Å². The molecule has 6 heteroatoms. The molecule has 0 aromatic carbocycles. The summed E-state index contributed by atoms with van der Waals surface area (Å²) in [7, 11) is 0. The van der Waals surface area contributed by atoms with Gasteiger partial charge in [-0.25, -0.2) is 4.79 Å². The van der Waals surface area contributed by atoms with Crippen LogP contribution in [0, 0.1) is 11.8 Å². The zero-order valence-corrected chi connectivity index (χ0v) is 13.5. The van der Waals surface area contributed by atoms with Crippen molar-refractivity contribution in [2.24, 2.45) is 11.8 Å². The molecule has 1 aliphatic rings. The predicted octanol–water partition coefficient (Wildman–Crippen LogP) is 1.94. The first-order valence-electron chi connectivity index (χ1n) is 7.58. The molecule has 0 radical (unpaired) electrons. The smallest absolute Gasteiger partial charge is 0.317 e. The molecule has 122 valence electrons. The third-order valence-electron chi connectivity index (χ3n) is 3.52. The molecule has 0 aromatic heterocycles. The fourth-order valence-corrected chi connectivity index (χ4v) is 2.69. The second kappa shape index (κ2) is 7.64. The number of hydrogen-bond donors (Lipinski definition) is 2. The van der Waals surface area contributed by atoms with E-state index in [1.807, 2.05) is 13.8 Å². The Labute approximate surface area is 126 Å². The maximum Gasteiger partial charge on any atom is 0.317 e. The lowest BCUT2D eigenvalue weighted by molar-refractivity contribution is -0.138. The van der Waals surface area contributed by atoms with Gasteiger partial charge in [0.05, 0.1) is 18.8 Å². The summed E-state index contributed by atoms with van der Waals surface area (Å²) in [5.74, 6) is -0.434. The maximum absolute atomic E-state index is 12.2. The number of ether oxygens (including phenoxy) is 1. The fourth-order valence-electron chi connectivity index (χ4n) is 2.69. The normalized spacial score (nSPS) is 19.4. The molecule has 1 heterocycles. The molecular formula is C15H28N2O4. The summed E-state index contributed by atoms with van der Waals surface area (Å²) >= 11 is 0. The molecule has 1 aliphatic heterocycles. The van der Waals surface area contributed by atoms with E-state index in [2.05, 4.69) is 19.2 Å². The van der Waals surface area contributed by atoms with Crippen LogP contribution >= 0.6 is 0 Å². The van der Waals surface area contributed by atoms with Gasteiger partial charge in [0.25, 0.3) is 0 Å². The molecule has 2 N–H and O–H groups in total. The Morgan fingerprint density at radius 3 is 2.57 bits per heavy atom. The van der Waals surface area contributed by atoms with E-state index in [1.165, 1.54) is 0 Å². The van der Waals surface area contributed by atoms with Crippen molar-refractivity contribution in [3.05, 3.63) is 0 Å². The van der Waals surface area contributed by atoms with Crippen molar-refractivity contribution in [2.75, 3.05) is 26.2 Å². The van der Waals surface area contributed by atoms with E-state index in [1.54, 1.807) is 4.90 Å². The van der Waals surface area contributed by atoms with Gasteiger partial charge in [0.1, 0.15) is 0 Å². The van der Waals surface area contributed by atoms with Crippen molar-refractivity contribution >= 4 is 12.0 Å². The molecule has 1 unspecified atom stereocenters. The number of urea groups is 1. The van der Waals surface area contributed by atoms with Gasteiger partial charge in [0.2, 0.25) is 0 Å². The van der Waals surface area contributed by atoms with Crippen LogP contribution in [0.2, 0.25) is 0 Å². The van der Waals surface area contributed by atoms with Crippen LogP contribution in [0.4, 0.5) is 4.79 Å². The van der Waals surface area contributed by atoms with Crippen LogP contribution in [-0.4, -0.2) is 53.8 Å². The molecule has 2 amide bonds. The number of morpholine rings is 1. The van der Waals surface area contributed by atoms with Crippen LogP contribution in [0.1, 0.15) is 40.5 Å². The SMILES string of the molecule is CC(C)CC(CNC(=O)N1CCOC(C)(C)C1)CC(=O)O. The van der Waals surface area contributed by atoms with E-state index < -0.39 is 5.97 Å². The minimum atomic E-state index is -0.817. The van der Waals surface area contributed by atoms with Crippen LogP contribution in [0.3, 0.4) is 0 Å². The first-order chi connectivity index (χ1) is 9.69. The molecule has 1 atom stereocenters. The molecule has 1 fully saturated rings. The average Bonchev–Trinajstić information content (AvgIpc) is 2.33. The number of carbonyl (C=O) groups is 2. The molecule has 1 saturated heterocycles. The Morgan fingerprint density at radius 2 is 2.05 bits per heavy atom.